The van der Waals surface area contributed by atoms with Gasteiger partial charge in [0.05, 0.1) is 18.2 Å². The van der Waals surface area contributed by atoms with Crippen LogP contribution in [0.25, 0.3) is 0 Å². The molecular formula is C14H17N5O3. The molecule has 8 nitrogen and oxygen atoms in total. The lowest BCUT2D eigenvalue weighted by Gasteiger charge is -2.39. The third-order valence-corrected chi connectivity index (χ3v) is 3.84. The van der Waals surface area contributed by atoms with Crippen LogP contribution in [0.4, 0.5) is 0 Å². The van der Waals surface area contributed by atoms with Crippen molar-refractivity contribution in [2.75, 3.05) is 13.1 Å². The molecule has 1 aliphatic rings. The molecule has 0 saturated carbocycles. The maximum Gasteiger partial charge on any atom is 0.266 e. The molecule has 2 N–H and O–H groups in total. The molecule has 1 fully saturated rings. The van der Waals surface area contributed by atoms with Crippen molar-refractivity contribution in [2.45, 2.75) is 26.3 Å². The average Bonchev–Trinajstić information content (AvgIpc) is 2.71. The number of aromatic amines is 2. The minimum atomic E-state index is -0.441. The fraction of sp³-hybridized carbons (Fsp3) is 0.429. The summed E-state index contributed by atoms with van der Waals surface area (Å²) in [6.07, 6.45) is -0.0664. The standard InChI is InChI=1S/C14H17N5O3/c1-8-3-9(2)19(17-8)11-6-18(7-11)13(21)5-10-4-12(20)15-16-14(10)22/h3-4,11H,5-7H2,1-2H3,(H,15,20)(H,16,22). The molecule has 0 aromatic carbocycles. The Morgan fingerprint density at radius 1 is 1.27 bits per heavy atom. The summed E-state index contributed by atoms with van der Waals surface area (Å²) in [7, 11) is 0. The smallest absolute Gasteiger partial charge is 0.266 e. The van der Waals surface area contributed by atoms with Gasteiger partial charge in [-0.15, -0.1) is 0 Å². The monoisotopic (exact) mass is 303 g/mol. The molecule has 8 heteroatoms. The highest BCUT2D eigenvalue weighted by atomic mass is 16.2. The molecule has 1 amide bonds. The van der Waals surface area contributed by atoms with Gasteiger partial charge in [-0.05, 0) is 19.9 Å². The molecule has 0 atom stereocenters. The second kappa shape index (κ2) is 5.28. The lowest BCUT2D eigenvalue weighted by Crippen LogP contribution is -2.52. The Hall–Kier alpha value is -2.64. The summed E-state index contributed by atoms with van der Waals surface area (Å²) >= 11 is 0. The highest BCUT2D eigenvalue weighted by molar-refractivity contribution is 5.79. The number of rotatable bonds is 3. The van der Waals surface area contributed by atoms with Crippen molar-refractivity contribution in [1.29, 1.82) is 0 Å². The fourth-order valence-electron chi connectivity index (χ4n) is 2.69. The average molecular weight is 303 g/mol. The number of nitrogens with one attached hydrogen (secondary N) is 2. The summed E-state index contributed by atoms with van der Waals surface area (Å²) in [6.45, 7) is 5.06. The van der Waals surface area contributed by atoms with Gasteiger partial charge in [-0.1, -0.05) is 0 Å². The van der Waals surface area contributed by atoms with Crippen molar-refractivity contribution in [3.8, 4) is 0 Å². The molecule has 3 heterocycles. The van der Waals surface area contributed by atoms with Crippen molar-refractivity contribution in [1.82, 2.24) is 24.9 Å². The van der Waals surface area contributed by atoms with Crippen molar-refractivity contribution < 1.29 is 4.79 Å². The number of aryl methyl sites for hydroxylation is 2. The number of aromatic nitrogens is 4. The largest absolute Gasteiger partial charge is 0.338 e. The van der Waals surface area contributed by atoms with Crippen LogP contribution in [0.5, 0.6) is 0 Å². The van der Waals surface area contributed by atoms with Crippen LogP contribution in [0.3, 0.4) is 0 Å². The van der Waals surface area contributed by atoms with E-state index in [2.05, 4.69) is 15.3 Å². The van der Waals surface area contributed by atoms with Gasteiger partial charge < -0.3 is 4.90 Å². The number of H-pyrrole nitrogens is 2. The van der Waals surface area contributed by atoms with Gasteiger partial charge in [0, 0.05) is 30.4 Å². The van der Waals surface area contributed by atoms with Crippen LogP contribution < -0.4 is 11.1 Å². The van der Waals surface area contributed by atoms with E-state index in [-0.39, 0.29) is 23.9 Å². The summed E-state index contributed by atoms with van der Waals surface area (Å²) in [5.74, 6) is -0.158. The number of hydrogen-bond donors (Lipinski definition) is 2. The highest BCUT2D eigenvalue weighted by Crippen LogP contribution is 2.23. The number of carbonyl (C=O) groups is 1. The molecule has 0 aliphatic carbocycles. The Bertz CT molecular complexity index is 825. The summed E-state index contributed by atoms with van der Waals surface area (Å²) < 4.78 is 1.93. The molecule has 3 rings (SSSR count). The number of carbonyl (C=O) groups excluding carboxylic acids is 1. The fourth-order valence-corrected chi connectivity index (χ4v) is 2.69. The van der Waals surface area contributed by atoms with E-state index in [0.29, 0.717) is 13.1 Å². The molecule has 1 saturated heterocycles. The second-order valence-corrected chi connectivity index (χ2v) is 5.61. The van der Waals surface area contributed by atoms with Crippen LogP contribution in [0.1, 0.15) is 23.0 Å². The minimum Gasteiger partial charge on any atom is -0.338 e. The van der Waals surface area contributed by atoms with Gasteiger partial charge in [0.2, 0.25) is 5.91 Å². The quantitative estimate of drug-likeness (QED) is 0.798. The summed E-state index contributed by atoms with van der Waals surface area (Å²) in [4.78, 5) is 36.6. The Morgan fingerprint density at radius 2 is 2.00 bits per heavy atom. The first-order chi connectivity index (χ1) is 10.4. The second-order valence-electron chi connectivity index (χ2n) is 5.61. The van der Waals surface area contributed by atoms with E-state index in [0.717, 1.165) is 17.5 Å². The van der Waals surface area contributed by atoms with Gasteiger partial charge in [0.15, 0.2) is 0 Å². The summed E-state index contributed by atoms with van der Waals surface area (Å²) in [6, 6.07) is 3.34. The van der Waals surface area contributed by atoms with Gasteiger partial charge in [-0.25, -0.2) is 0 Å². The molecule has 2 aromatic rings. The molecule has 22 heavy (non-hydrogen) atoms. The molecule has 2 aromatic heterocycles. The van der Waals surface area contributed by atoms with E-state index in [1.165, 1.54) is 0 Å². The van der Waals surface area contributed by atoms with Gasteiger partial charge in [-0.3, -0.25) is 29.3 Å². The van der Waals surface area contributed by atoms with Crippen LogP contribution in [0.15, 0.2) is 21.7 Å². The molecule has 0 unspecified atom stereocenters. The Kier molecular flexibility index (Phi) is 3.44. The van der Waals surface area contributed by atoms with E-state index < -0.39 is 11.1 Å². The van der Waals surface area contributed by atoms with Gasteiger partial charge >= 0.3 is 0 Å². The van der Waals surface area contributed by atoms with Crippen LogP contribution in [-0.2, 0) is 11.2 Å². The van der Waals surface area contributed by atoms with E-state index in [1.54, 1.807) is 4.90 Å². The molecule has 1 aliphatic heterocycles. The summed E-state index contributed by atoms with van der Waals surface area (Å²) in [5.41, 5.74) is 1.34. The van der Waals surface area contributed by atoms with E-state index in [4.69, 9.17) is 0 Å². The molecular weight excluding hydrogens is 286 g/mol. The lowest BCUT2D eigenvalue weighted by molar-refractivity contribution is -0.136. The number of likely N-dealkylation sites (tertiary alicyclic amines) is 1. The number of nitrogens with zero attached hydrogens (tertiary/aromatic N) is 3. The minimum absolute atomic E-state index is 0.0664. The van der Waals surface area contributed by atoms with Crippen LogP contribution in [0.2, 0.25) is 0 Å². The third kappa shape index (κ3) is 2.59. The zero-order valence-electron chi connectivity index (χ0n) is 12.4. The molecule has 0 radical (unpaired) electrons. The van der Waals surface area contributed by atoms with E-state index in [1.807, 2.05) is 24.6 Å². The van der Waals surface area contributed by atoms with Crippen LogP contribution in [-0.4, -0.2) is 43.9 Å². The SMILES string of the molecule is Cc1cc(C)n(C2CN(C(=O)Cc3cc(=O)[nH][nH]c3=O)C2)n1. The lowest BCUT2D eigenvalue weighted by atomic mass is 10.1. The number of amides is 1. The first-order valence-electron chi connectivity index (χ1n) is 7.05. The first-order valence-corrected chi connectivity index (χ1v) is 7.05. The maximum atomic E-state index is 12.2. The topological polar surface area (TPSA) is 104 Å². The zero-order valence-corrected chi connectivity index (χ0v) is 12.4. The zero-order chi connectivity index (χ0) is 15.9. The Morgan fingerprint density at radius 3 is 2.64 bits per heavy atom. The summed E-state index contributed by atoms with van der Waals surface area (Å²) in [5, 5.41) is 8.81. The highest BCUT2D eigenvalue weighted by Gasteiger charge is 2.33. The van der Waals surface area contributed by atoms with Crippen molar-refractivity contribution in [3.05, 3.63) is 49.8 Å². The number of hydrogen-bond acceptors (Lipinski definition) is 4. The predicted molar refractivity (Wildman–Crippen MR) is 78.7 cm³/mol. The normalized spacial score (nSPS) is 14.9. The van der Waals surface area contributed by atoms with Crippen molar-refractivity contribution >= 4 is 5.91 Å². The van der Waals surface area contributed by atoms with E-state index in [9.17, 15) is 14.4 Å². The molecule has 0 spiro atoms. The van der Waals surface area contributed by atoms with E-state index >= 15 is 0 Å². The molecule has 0 bridgehead atoms. The maximum absolute atomic E-state index is 12.2. The first kappa shape index (κ1) is 14.3. The predicted octanol–water partition coefficient (Wildman–Crippen LogP) is -0.497. The third-order valence-electron chi connectivity index (χ3n) is 3.84. The molecule has 116 valence electrons. The van der Waals surface area contributed by atoms with Gasteiger partial charge in [0.1, 0.15) is 0 Å². The van der Waals surface area contributed by atoms with Gasteiger partial charge in [0.25, 0.3) is 11.1 Å². The Balaban J connectivity index is 1.64. The van der Waals surface area contributed by atoms with Crippen LogP contribution in [0, 0.1) is 13.8 Å². The van der Waals surface area contributed by atoms with Gasteiger partial charge in [-0.2, -0.15) is 5.10 Å². The van der Waals surface area contributed by atoms with Crippen LogP contribution >= 0.6 is 0 Å². The van der Waals surface area contributed by atoms with Crippen molar-refractivity contribution in [2.24, 2.45) is 0 Å². The Labute approximate surface area is 125 Å². The van der Waals surface area contributed by atoms with Crippen molar-refractivity contribution in [3.63, 3.8) is 0 Å².